The van der Waals surface area contributed by atoms with Gasteiger partial charge in [-0.3, -0.25) is 4.52 Å². The van der Waals surface area contributed by atoms with E-state index in [0.29, 0.717) is 6.42 Å². The van der Waals surface area contributed by atoms with Gasteiger partial charge in [0.2, 0.25) is 0 Å². The van der Waals surface area contributed by atoms with Crippen LogP contribution in [0.4, 0.5) is 0 Å². The molecule has 6 nitrogen and oxygen atoms in total. The number of hydrogen-bond acceptors (Lipinski definition) is 4. The van der Waals surface area contributed by atoms with Crippen molar-refractivity contribution in [3.8, 4) is 0 Å². The summed E-state index contributed by atoms with van der Waals surface area (Å²) < 4.78 is 19.8. The predicted molar refractivity (Wildman–Crippen MR) is 82.8 cm³/mol. The van der Waals surface area contributed by atoms with Gasteiger partial charge in [0.25, 0.3) is 0 Å². The molecule has 122 valence electrons. The standard InChI is InChI=1S/C11H26O6P2S/c1-2-3-4-5-6-7-8-9-10-11-16-18(12,13)17-19(14,15)20/h2-11H2,1H3,(H,12,13)(H2,14,15,20). The van der Waals surface area contributed by atoms with E-state index < -0.39 is 14.5 Å². The topological polar surface area (TPSA) is 96.2 Å². The number of hydrogen-bond donors (Lipinski definition) is 3. The van der Waals surface area contributed by atoms with Gasteiger partial charge in [-0.15, -0.1) is 0 Å². The van der Waals surface area contributed by atoms with Gasteiger partial charge in [0.15, 0.2) is 0 Å². The van der Waals surface area contributed by atoms with Gasteiger partial charge in [0.05, 0.1) is 6.61 Å². The number of phosphoric acid groups is 1. The van der Waals surface area contributed by atoms with Gasteiger partial charge in [0.1, 0.15) is 0 Å². The Morgan fingerprint density at radius 2 is 1.35 bits per heavy atom. The van der Waals surface area contributed by atoms with Crippen molar-refractivity contribution in [1.82, 2.24) is 0 Å². The zero-order chi connectivity index (χ0) is 15.5. The summed E-state index contributed by atoms with van der Waals surface area (Å²) in [5.74, 6) is 0. The van der Waals surface area contributed by atoms with Crippen LogP contribution in [-0.4, -0.2) is 21.3 Å². The third-order valence-corrected chi connectivity index (χ3v) is 5.50. The van der Waals surface area contributed by atoms with Crippen LogP contribution in [0, 0.1) is 0 Å². The van der Waals surface area contributed by atoms with E-state index in [4.69, 9.17) is 14.7 Å². The molecule has 0 fully saturated rings. The summed E-state index contributed by atoms with van der Waals surface area (Å²) in [6.07, 6.45) is 10.1. The molecule has 9 heteroatoms. The molecule has 0 heterocycles. The molecule has 0 saturated carbocycles. The minimum Gasteiger partial charge on any atom is -0.324 e. The van der Waals surface area contributed by atoms with Crippen molar-refractivity contribution in [2.45, 2.75) is 64.7 Å². The summed E-state index contributed by atoms with van der Waals surface area (Å²) in [6.45, 7) is -1.94. The molecule has 1 unspecified atom stereocenters. The summed E-state index contributed by atoms with van der Waals surface area (Å²) >= 11 is 4.10. The summed E-state index contributed by atoms with van der Waals surface area (Å²) in [6, 6.07) is 0. The van der Waals surface area contributed by atoms with E-state index in [1.54, 1.807) is 0 Å². The summed E-state index contributed by atoms with van der Waals surface area (Å²) in [7, 11) is -4.44. The lowest BCUT2D eigenvalue weighted by atomic mass is 10.1. The highest BCUT2D eigenvalue weighted by Crippen LogP contribution is 2.57. The molecule has 0 aromatic rings. The lowest BCUT2D eigenvalue weighted by molar-refractivity contribution is 0.190. The van der Waals surface area contributed by atoms with E-state index in [0.717, 1.165) is 19.3 Å². The van der Waals surface area contributed by atoms with Crippen LogP contribution in [0.2, 0.25) is 0 Å². The van der Waals surface area contributed by atoms with Crippen LogP contribution in [0.5, 0.6) is 0 Å². The Balaban J connectivity index is 3.44. The average molecular weight is 348 g/mol. The van der Waals surface area contributed by atoms with E-state index in [9.17, 15) is 4.57 Å². The Morgan fingerprint density at radius 3 is 1.80 bits per heavy atom. The maximum atomic E-state index is 11.2. The van der Waals surface area contributed by atoms with Crippen molar-refractivity contribution >= 4 is 26.3 Å². The molecular weight excluding hydrogens is 322 g/mol. The molecule has 3 N–H and O–H groups in total. The van der Waals surface area contributed by atoms with Crippen LogP contribution < -0.4 is 0 Å². The van der Waals surface area contributed by atoms with Gasteiger partial charge in [-0.2, -0.15) is 0 Å². The highest BCUT2D eigenvalue weighted by Gasteiger charge is 2.28. The molecule has 0 radical (unpaired) electrons. The fraction of sp³-hybridized carbons (Fsp3) is 1.00. The maximum absolute atomic E-state index is 11.2. The average Bonchev–Trinajstić information content (AvgIpc) is 2.28. The molecule has 0 amide bonds. The summed E-state index contributed by atoms with van der Waals surface area (Å²) in [5.41, 5.74) is 0. The molecular formula is C11H26O6P2S. The van der Waals surface area contributed by atoms with Crippen LogP contribution in [0.15, 0.2) is 0 Å². The fourth-order valence-electron chi connectivity index (χ4n) is 1.75. The normalized spacial score (nSPS) is 15.2. The van der Waals surface area contributed by atoms with E-state index in [1.807, 2.05) is 0 Å². The quantitative estimate of drug-likeness (QED) is 0.343. The third-order valence-electron chi connectivity index (χ3n) is 2.71. The van der Waals surface area contributed by atoms with Crippen molar-refractivity contribution in [3.63, 3.8) is 0 Å². The molecule has 0 spiro atoms. The number of unbranched alkanes of at least 4 members (excludes halogenated alkanes) is 8. The van der Waals surface area contributed by atoms with Gasteiger partial charge in [-0.05, 0) is 18.2 Å². The Kier molecular flexibility index (Phi) is 11.7. The Labute approximate surface area is 126 Å². The van der Waals surface area contributed by atoms with E-state index in [-0.39, 0.29) is 6.61 Å². The van der Waals surface area contributed by atoms with Gasteiger partial charge in [-0.25, -0.2) is 8.88 Å². The fourth-order valence-corrected chi connectivity index (χ4v) is 4.13. The molecule has 0 rings (SSSR count). The second kappa shape index (κ2) is 11.3. The smallest absolute Gasteiger partial charge is 0.324 e. The van der Waals surface area contributed by atoms with Crippen LogP contribution in [0.1, 0.15) is 64.7 Å². The molecule has 0 aromatic carbocycles. The lowest BCUT2D eigenvalue weighted by Gasteiger charge is -2.14. The van der Waals surface area contributed by atoms with Crippen molar-refractivity contribution in [3.05, 3.63) is 0 Å². The molecule has 0 saturated heterocycles. The first kappa shape index (κ1) is 20.7. The van der Waals surface area contributed by atoms with E-state index in [1.165, 1.54) is 32.1 Å². The van der Waals surface area contributed by atoms with Crippen molar-refractivity contribution in [2.75, 3.05) is 6.61 Å². The van der Waals surface area contributed by atoms with E-state index >= 15 is 0 Å². The van der Waals surface area contributed by atoms with Crippen molar-refractivity contribution in [1.29, 1.82) is 0 Å². The van der Waals surface area contributed by atoms with Gasteiger partial charge in [-0.1, -0.05) is 58.3 Å². The molecule has 0 aromatic heterocycles. The van der Waals surface area contributed by atoms with Crippen LogP contribution in [0.3, 0.4) is 0 Å². The van der Waals surface area contributed by atoms with Crippen molar-refractivity contribution < 1.29 is 28.1 Å². The summed E-state index contributed by atoms with van der Waals surface area (Å²) in [5, 5.41) is 0. The molecule has 0 aliphatic rings. The Bertz CT molecular complexity index is 333. The van der Waals surface area contributed by atoms with Gasteiger partial charge in [0, 0.05) is 0 Å². The second-order valence-electron chi connectivity index (χ2n) is 4.70. The van der Waals surface area contributed by atoms with Crippen LogP contribution in [0.25, 0.3) is 0 Å². The largest absolute Gasteiger partial charge is 0.479 e. The molecule has 0 bridgehead atoms. The monoisotopic (exact) mass is 348 g/mol. The number of phosphoric ester groups is 1. The van der Waals surface area contributed by atoms with Crippen LogP contribution in [-0.2, 0) is 25.2 Å². The Hall–Kier alpha value is 0.680. The third kappa shape index (κ3) is 15.1. The molecule has 0 aliphatic carbocycles. The van der Waals surface area contributed by atoms with Crippen molar-refractivity contribution in [2.24, 2.45) is 0 Å². The first-order valence-corrected chi connectivity index (χ1v) is 11.1. The zero-order valence-electron chi connectivity index (χ0n) is 11.9. The highest BCUT2D eigenvalue weighted by atomic mass is 32.5. The first-order chi connectivity index (χ1) is 9.27. The van der Waals surface area contributed by atoms with E-state index in [2.05, 4.69) is 27.6 Å². The molecule has 1 atom stereocenters. The minimum absolute atomic E-state index is 0.0406. The minimum atomic E-state index is -4.44. The predicted octanol–water partition coefficient (Wildman–Crippen LogP) is 3.86. The highest BCUT2D eigenvalue weighted by molar-refractivity contribution is 8.08. The number of rotatable bonds is 13. The van der Waals surface area contributed by atoms with Gasteiger partial charge < -0.3 is 14.7 Å². The SMILES string of the molecule is CCCCCCCCCCCOP(=O)(O)OP(O)(O)=S. The molecule has 20 heavy (non-hydrogen) atoms. The second-order valence-corrected chi connectivity index (χ2v) is 8.96. The first-order valence-electron chi connectivity index (χ1n) is 7.01. The van der Waals surface area contributed by atoms with Crippen LogP contribution >= 0.6 is 14.5 Å². The maximum Gasteiger partial charge on any atom is 0.479 e. The molecule has 0 aliphatic heterocycles. The summed E-state index contributed by atoms with van der Waals surface area (Å²) in [4.78, 5) is 26.6. The lowest BCUT2D eigenvalue weighted by Crippen LogP contribution is -1.96. The van der Waals surface area contributed by atoms with Gasteiger partial charge >= 0.3 is 14.5 Å². The zero-order valence-corrected chi connectivity index (χ0v) is 14.5. The Morgan fingerprint density at radius 1 is 0.900 bits per heavy atom.